The van der Waals surface area contributed by atoms with Gasteiger partial charge in [-0.15, -0.1) is 0 Å². The molecule has 2 aliphatic rings. The number of nitrogens with zero attached hydrogens (tertiary/aromatic N) is 2. The zero-order chi connectivity index (χ0) is 18.9. The van der Waals surface area contributed by atoms with Gasteiger partial charge in [-0.1, -0.05) is 60.7 Å². The van der Waals surface area contributed by atoms with Gasteiger partial charge in [0.05, 0.1) is 5.41 Å². The molecule has 4 rings (SSSR count). The lowest BCUT2D eigenvalue weighted by Crippen LogP contribution is -2.43. The molecule has 1 spiro atoms. The second-order valence-corrected chi connectivity index (χ2v) is 7.05. The maximum absolute atomic E-state index is 13.4. The topological polar surface area (TPSA) is 60.9 Å². The molecule has 1 saturated heterocycles. The summed E-state index contributed by atoms with van der Waals surface area (Å²) in [7, 11) is 0. The predicted molar refractivity (Wildman–Crippen MR) is 104 cm³/mol. The van der Waals surface area contributed by atoms with Crippen molar-refractivity contribution in [1.82, 2.24) is 4.90 Å². The zero-order valence-electron chi connectivity index (χ0n) is 15.0. The maximum atomic E-state index is 13.4. The molecule has 2 heterocycles. The molecule has 2 aromatic carbocycles. The Bertz CT molecular complexity index is 893. The highest BCUT2D eigenvalue weighted by atomic mass is 16.3. The van der Waals surface area contributed by atoms with Gasteiger partial charge in [0, 0.05) is 25.3 Å². The van der Waals surface area contributed by atoms with E-state index in [9.17, 15) is 9.59 Å². The third-order valence-electron chi connectivity index (χ3n) is 5.52. The summed E-state index contributed by atoms with van der Waals surface area (Å²) in [4.78, 5) is 28.7. The summed E-state index contributed by atoms with van der Waals surface area (Å²) in [5.41, 5.74) is 2.30. The maximum Gasteiger partial charge on any atom is 0.248 e. The van der Waals surface area contributed by atoms with Crippen LogP contribution < -0.4 is 4.90 Å². The van der Waals surface area contributed by atoms with E-state index in [1.807, 2.05) is 71.6 Å². The van der Waals surface area contributed by atoms with Crippen molar-refractivity contribution in [2.24, 2.45) is 0 Å². The molecule has 27 heavy (non-hydrogen) atoms. The standard InChI is InChI=1S/C22H22N2O3/c25-15-20(26)23-14-12-22(16-23)18-10-4-5-11-19(18)24(21(22)27)13-6-9-17-7-2-1-3-8-17/h1-11,25H,12-16H2. The summed E-state index contributed by atoms with van der Waals surface area (Å²) in [6.07, 6.45) is 4.60. The second kappa shape index (κ2) is 7.00. The quantitative estimate of drug-likeness (QED) is 0.907. The fraction of sp³-hybridized carbons (Fsp3) is 0.273. The highest BCUT2D eigenvalue weighted by Crippen LogP contribution is 2.47. The Hall–Kier alpha value is -2.92. The third kappa shape index (κ3) is 2.94. The Labute approximate surface area is 158 Å². The lowest BCUT2D eigenvalue weighted by molar-refractivity contribution is -0.133. The molecular weight excluding hydrogens is 340 g/mol. The summed E-state index contributed by atoms with van der Waals surface area (Å²) in [5.74, 6) is -0.283. The lowest BCUT2D eigenvalue weighted by Gasteiger charge is -2.24. The third-order valence-corrected chi connectivity index (χ3v) is 5.52. The molecule has 1 atom stereocenters. The van der Waals surface area contributed by atoms with Gasteiger partial charge in [0.1, 0.15) is 6.61 Å². The number of para-hydroxylation sites is 1. The number of anilines is 1. The number of hydrogen-bond donors (Lipinski definition) is 1. The summed E-state index contributed by atoms with van der Waals surface area (Å²) in [6, 6.07) is 17.8. The SMILES string of the molecule is O=C(CO)N1CCC2(C1)C(=O)N(CC=Cc1ccccc1)c1ccccc12. The minimum absolute atomic E-state index is 0.0367. The number of aliphatic hydroxyl groups is 1. The number of aliphatic hydroxyl groups excluding tert-OH is 1. The predicted octanol–water partition coefficient (Wildman–Crippen LogP) is 2.21. The molecule has 2 aliphatic heterocycles. The van der Waals surface area contributed by atoms with Gasteiger partial charge < -0.3 is 14.9 Å². The molecule has 0 aliphatic carbocycles. The van der Waals surface area contributed by atoms with Gasteiger partial charge in [-0.3, -0.25) is 9.59 Å². The van der Waals surface area contributed by atoms with Crippen molar-refractivity contribution in [3.63, 3.8) is 0 Å². The Kier molecular flexibility index (Phi) is 4.54. The molecule has 138 valence electrons. The number of rotatable bonds is 4. The number of hydrogen-bond acceptors (Lipinski definition) is 3. The molecule has 2 aromatic rings. The van der Waals surface area contributed by atoms with Gasteiger partial charge in [0.25, 0.3) is 0 Å². The van der Waals surface area contributed by atoms with E-state index in [0.29, 0.717) is 26.1 Å². The molecule has 1 fully saturated rings. The molecule has 0 saturated carbocycles. The first-order valence-corrected chi connectivity index (χ1v) is 9.17. The van der Waals surface area contributed by atoms with Crippen LogP contribution in [-0.2, 0) is 15.0 Å². The van der Waals surface area contributed by atoms with Gasteiger partial charge in [0.2, 0.25) is 11.8 Å². The molecule has 1 unspecified atom stereocenters. The smallest absolute Gasteiger partial charge is 0.248 e. The normalized spacial score (nSPS) is 21.4. The molecule has 1 N–H and O–H groups in total. The summed E-state index contributed by atoms with van der Waals surface area (Å²) >= 11 is 0. The van der Waals surface area contributed by atoms with Crippen molar-refractivity contribution in [1.29, 1.82) is 0 Å². The minimum Gasteiger partial charge on any atom is -0.387 e. The molecule has 5 nitrogen and oxygen atoms in total. The summed E-state index contributed by atoms with van der Waals surface area (Å²) in [6.45, 7) is 0.796. The van der Waals surface area contributed by atoms with Crippen molar-refractivity contribution in [3.8, 4) is 0 Å². The molecule has 0 aromatic heterocycles. The van der Waals surface area contributed by atoms with Crippen LogP contribution in [0.5, 0.6) is 0 Å². The summed E-state index contributed by atoms with van der Waals surface area (Å²) < 4.78 is 0. The number of fused-ring (bicyclic) bond motifs is 2. The van der Waals surface area contributed by atoms with Gasteiger partial charge in [0.15, 0.2) is 0 Å². The first-order chi connectivity index (χ1) is 13.2. The Morgan fingerprint density at radius 3 is 2.63 bits per heavy atom. The highest BCUT2D eigenvalue weighted by molar-refractivity contribution is 6.09. The second-order valence-electron chi connectivity index (χ2n) is 7.05. The number of likely N-dealkylation sites (tertiary alicyclic amines) is 1. The fourth-order valence-electron chi connectivity index (χ4n) is 4.15. The lowest BCUT2D eigenvalue weighted by atomic mass is 9.81. The summed E-state index contributed by atoms with van der Waals surface area (Å²) in [5, 5.41) is 9.17. The van der Waals surface area contributed by atoms with Crippen molar-refractivity contribution in [2.75, 3.05) is 31.1 Å². The van der Waals surface area contributed by atoms with Gasteiger partial charge in [-0.2, -0.15) is 0 Å². The average Bonchev–Trinajstić information content (AvgIpc) is 3.26. The van der Waals surface area contributed by atoms with E-state index in [2.05, 4.69) is 0 Å². The van der Waals surface area contributed by atoms with Gasteiger partial charge in [-0.25, -0.2) is 0 Å². The van der Waals surface area contributed by atoms with Crippen molar-refractivity contribution < 1.29 is 14.7 Å². The highest BCUT2D eigenvalue weighted by Gasteiger charge is 2.54. The molecule has 2 amide bonds. The van der Waals surface area contributed by atoms with E-state index >= 15 is 0 Å². The average molecular weight is 362 g/mol. The first-order valence-electron chi connectivity index (χ1n) is 9.17. The minimum atomic E-state index is -0.692. The molecule has 0 radical (unpaired) electrons. The van der Waals surface area contributed by atoms with Gasteiger partial charge >= 0.3 is 0 Å². The van der Waals surface area contributed by atoms with Crippen LogP contribution in [0.2, 0.25) is 0 Å². The van der Waals surface area contributed by atoms with Crippen LogP contribution in [0, 0.1) is 0 Å². The molecule has 5 heteroatoms. The molecular formula is C22H22N2O3. The first kappa shape index (κ1) is 17.5. The number of amides is 2. The number of carbonyl (C=O) groups is 2. The largest absolute Gasteiger partial charge is 0.387 e. The van der Waals surface area contributed by atoms with E-state index in [-0.39, 0.29) is 11.8 Å². The van der Waals surface area contributed by atoms with Crippen LogP contribution in [0.25, 0.3) is 6.08 Å². The van der Waals surface area contributed by atoms with E-state index < -0.39 is 12.0 Å². The fourth-order valence-corrected chi connectivity index (χ4v) is 4.15. The van der Waals surface area contributed by atoms with Crippen LogP contribution in [0.4, 0.5) is 5.69 Å². The number of benzene rings is 2. The van der Waals surface area contributed by atoms with Crippen molar-refractivity contribution >= 4 is 23.6 Å². The van der Waals surface area contributed by atoms with E-state index in [1.165, 1.54) is 0 Å². The van der Waals surface area contributed by atoms with E-state index in [0.717, 1.165) is 16.8 Å². The number of carbonyl (C=O) groups excluding carboxylic acids is 2. The van der Waals surface area contributed by atoms with Crippen molar-refractivity contribution in [2.45, 2.75) is 11.8 Å². The van der Waals surface area contributed by atoms with Crippen LogP contribution >= 0.6 is 0 Å². The monoisotopic (exact) mass is 362 g/mol. The van der Waals surface area contributed by atoms with Crippen LogP contribution in [0.15, 0.2) is 60.7 Å². The van der Waals surface area contributed by atoms with E-state index in [1.54, 1.807) is 4.90 Å². The van der Waals surface area contributed by atoms with E-state index in [4.69, 9.17) is 5.11 Å². The molecule has 0 bridgehead atoms. The van der Waals surface area contributed by atoms with Crippen LogP contribution in [-0.4, -0.2) is 48.1 Å². The van der Waals surface area contributed by atoms with Crippen LogP contribution in [0.3, 0.4) is 0 Å². The van der Waals surface area contributed by atoms with Crippen LogP contribution in [0.1, 0.15) is 17.5 Å². The zero-order valence-corrected chi connectivity index (χ0v) is 15.0. The Balaban J connectivity index is 1.61. The Morgan fingerprint density at radius 2 is 1.85 bits per heavy atom. The van der Waals surface area contributed by atoms with Gasteiger partial charge in [-0.05, 0) is 23.6 Å². The van der Waals surface area contributed by atoms with Crippen molar-refractivity contribution in [3.05, 3.63) is 71.8 Å². The Morgan fingerprint density at radius 1 is 1.11 bits per heavy atom.